The third-order valence-electron chi connectivity index (χ3n) is 3.40. The van der Waals surface area contributed by atoms with E-state index in [9.17, 15) is 4.79 Å². The Morgan fingerprint density at radius 2 is 2.39 bits per heavy atom. The van der Waals surface area contributed by atoms with E-state index < -0.39 is 5.97 Å². The van der Waals surface area contributed by atoms with Gasteiger partial charge in [-0.3, -0.25) is 14.8 Å². The lowest BCUT2D eigenvalue weighted by Gasteiger charge is -2.34. The standard InChI is InChI=1S/C12H19N3O3/c1-8-11(9(2)14-13-8)6-15-3-4-18-7-10(15)5-12(16)17/h10H,3-7H2,1-2H3,(H,13,14)(H,16,17). The van der Waals surface area contributed by atoms with Crippen LogP contribution < -0.4 is 0 Å². The third kappa shape index (κ3) is 2.88. The van der Waals surface area contributed by atoms with Crippen LogP contribution in [0.1, 0.15) is 23.4 Å². The number of carbonyl (C=O) groups is 1. The van der Waals surface area contributed by atoms with Gasteiger partial charge in [-0.05, 0) is 13.8 Å². The zero-order valence-electron chi connectivity index (χ0n) is 10.8. The van der Waals surface area contributed by atoms with Crippen LogP contribution in [-0.2, 0) is 16.1 Å². The molecule has 0 aromatic carbocycles. The molecule has 0 spiro atoms. The first-order valence-electron chi connectivity index (χ1n) is 6.12. The highest BCUT2D eigenvalue weighted by Crippen LogP contribution is 2.18. The van der Waals surface area contributed by atoms with Crippen LogP contribution in [-0.4, -0.2) is 52.0 Å². The summed E-state index contributed by atoms with van der Waals surface area (Å²) in [4.78, 5) is 13.0. The van der Waals surface area contributed by atoms with Crippen LogP contribution in [0.2, 0.25) is 0 Å². The number of hydrogen-bond donors (Lipinski definition) is 2. The van der Waals surface area contributed by atoms with Crippen LogP contribution in [0.4, 0.5) is 0 Å². The van der Waals surface area contributed by atoms with E-state index in [0.717, 1.165) is 30.0 Å². The SMILES string of the molecule is Cc1n[nH]c(C)c1CN1CCOCC1CC(=O)O. The van der Waals surface area contributed by atoms with Crippen LogP contribution in [0, 0.1) is 13.8 Å². The minimum Gasteiger partial charge on any atom is -0.481 e. The van der Waals surface area contributed by atoms with Crippen LogP contribution >= 0.6 is 0 Å². The van der Waals surface area contributed by atoms with Gasteiger partial charge in [0.2, 0.25) is 0 Å². The Kier molecular flexibility index (Phi) is 3.98. The number of rotatable bonds is 4. The number of hydrogen-bond acceptors (Lipinski definition) is 4. The summed E-state index contributed by atoms with van der Waals surface area (Å²) in [5.41, 5.74) is 3.19. The maximum atomic E-state index is 10.8. The highest BCUT2D eigenvalue weighted by molar-refractivity contribution is 5.67. The molecular weight excluding hydrogens is 234 g/mol. The predicted octanol–water partition coefficient (Wildman–Crippen LogP) is 0.702. The number of aromatic amines is 1. The Bertz CT molecular complexity index is 411. The lowest BCUT2D eigenvalue weighted by atomic mass is 10.1. The molecule has 2 N–H and O–H groups in total. The molecule has 1 unspecified atom stereocenters. The summed E-state index contributed by atoms with van der Waals surface area (Å²) in [6.07, 6.45) is 0.121. The summed E-state index contributed by atoms with van der Waals surface area (Å²) in [6, 6.07) is -0.0510. The second kappa shape index (κ2) is 5.49. The van der Waals surface area contributed by atoms with Gasteiger partial charge in [0.25, 0.3) is 0 Å². The van der Waals surface area contributed by atoms with Gasteiger partial charge in [-0.15, -0.1) is 0 Å². The largest absolute Gasteiger partial charge is 0.481 e. The van der Waals surface area contributed by atoms with E-state index >= 15 is 0 Å². The summed E-state index contributed by atoms with van der Waals surface area (Å²) >= 11 is 0. The molecule has 1 aliphatic rings. The predicted molar refractivity (Wildman–Crippen MR) is 65.3 cm³/mol. The first-order chi connectivity index (χ1) is 8.58. The van der Waals surface area contributed by atoms with E-state index in [-0.39, 0.29) is 12.5 Å². The Morgan fingerprint density at radius 1 is 1.61 bits per heavy atom. The number of nitrogens with one attached hydrogen (secondary N) is 1. The molecule has 6 heteroatoms. The number of H-pyrrole nitrogens is 1. The number of aryl methyl sites for hydroxylation is 2. The second-order valence-corrected chi connectivity index (χ2v) is 4.71. The number of morpholine rings is 1. The molecule has 1 aromatic heterocycles. The number of ether oxygens (including phenoxy) is 1. The Balaban J connectivity index is 2.07. The molecule has 2 heterocycles. The molecule has 1 fully saturated rings. The molecule has 1 aromatic rings. The van der Waals surface area contributed by atoms with Crippen molar-refractivity contribution in [3.63, 3.8) is 0 Å². The highest BCUT2D eigenvalue weighted by Gasteiger charge is 2.26. The molecule has 2 rings (SSSR count). The van der Waals surface area contributed by atoms with E-state index in [1.165, 1.54) is 0 Å². The minimum atomic E-state index is -0.781. The van der Waals surface area contributed by atoms with Crippen molar-refractivity contribution < 1.29 is 14.6 Å². The molecular formula is C12H19N3O3. The molecule has 0 saturated carbocycles. The van der Waals surface area contributed by atoms with Crippen molar-refractivity contribution in [2.24, 2.45) is 0 Å². The van der Waals surface area contributed by atoms with Crippen molar-refractivity contribution in [1.29, 1.82) is 0 Å². The molecule has 1 saturated heterocycles. The molecule has 18 heavy (non-hydrogen) atoms. The van der Waals surface area contributed by atoms with Gasteiger partial charge in [-0.2, -0.15) is 5.10 Å². The monoisotopic (exact) mass is 253 g/mol. The van der Waals surface area contributed by atoms with Crippen LogP contribution in [0.25, 0.3) is 0 Å². The molecule has 6 nitrogen and oxygen atoms in total. The summed E-state index contributed by atoms with van der Waals surface area (Å²) in [6.45, 7) is 6.60. The van der Waals surface area contributed by atoms with Gasteiger partial charge in [-0.1, -0.05) is 0 Å². The lowest BCUT2D eigenvalue weighted by molar-refractivity contribution is -0.140. The van der Waals surface area contributed by atoms with Crippen molar-refractivity contribution in [3.8, 4) is 0 Å². The van der Waals surface area contributed by atoms with E-state index in [0.29, 0.717) is 13.2 Å². The van der Waals surface area contributed by atoms with Crippen LogP contribution in [0.3, 0.4) is 0 Å². The van der Waals surface area contributed by atoms with E-state index in [1.54, 1.807) is 0 Å². The smallest absolute Gasteiger partial charge is 0.305 e. The van der Waals surface area contributed by atoms with Gasteiger partial charge >= 0.3 is 5.97 Å². The molecule has 0 amide bonds. The van der Waals surface area contributed by atoms with Crippen LogP contribution in [0.15, 0.2) is 0 Å². The van der Waals surface area contributed by atoms with Crippen molar-refractivity contribution in [2.45, 2.75) is 32.9 Å². The average molecular weight is 253 g/mol. The second-order valence-electron chi connectivity index (χ2n) is 4.71. The Hall–Kier alpha value is -1.40. The third-order valence-corrected chi connectivity index (χ3v) is 3.40. The van der Waals surface area contributed by atoms with Gasteiger partial charge in [-0.25, -0.2) is 0 Å². The summed E-state index contributed by atoms with van der Waals surface area (Å²) in [7, 11) is 0. The molecule has 0 aliphatic carbocycles. The number of nitrogens with zero attached hydrogens (tertiary/aromatic N) is 2. The quantitative estimate of drug-likeness (QED) is 0.826. The normalized spacial score (nSPS) is 21.1. The number of aliphatic carboxylic acids is 1. The van der Waals surface area contributed by atoms with Crippen molar-refractivity contribution in [1.82, 2.24) is 15.1 Å². The molecule has 1 atom stereocenters. The average Bonchev–Trinajstić information content (AvgIpc) is 2.62. The number of aromatic nitrogens is 2. The summed E-state index contributed by atoms with van der Waals surface area (Å²) in [5, 5.41) is 16.0. The first-order valence-corrected chi connectivity index (χ1v) is 6.12. The fraction of sp³-hybridized carbons (Fsp3) is 0.667. The van der Waals surface area contributed by atoms with Crippen molar-refractivity contribution >= 4 is 5.97 Å². The van der Waals surface area contributed by atoms with Crippen LogP contribution in [0.5, 0.6) is 0 Å². The fourth-order valence-electron chi connectivity index (χ4n) is 2.30. The van der Waals surface area contributed by atoms with Gasteiger partial charge < -0.3 is 9.84 Å². The first kappa shape index (κ1) is 13.0. The maximum absolute atomic E-state index is 10.8. The minimum absolute atomic E-state index is 0.0510. The zero-order valence-corrected chi connectivity index (χ0v) is 10.8. The maximum Gasteiger partial charge on any atom is 0.305 e. The molecule has 0 bridgehead atoms. The summed E-state index contributed by atoms with van der Waals surface area (Å²) < 4.78 is 5.36. The van der Waals surface area contributed by atoms with E-state index in [2.05, 4.69) is 15.1 Å². The zero-order chi connectivity index (χ0) is 13.1. The van der Waals surface area contributed by atoms with Gasteiger partial charge in [0.05, 0.1) is 25.3 Å². The van der Waals surface area contributed by atoms with Crippen molar-refractivity contribution in [3.05, 3.63) is 17.0 Å². The topological polar surface area (TPSA) is 78.5 Å². The number of carboxylic acids is 1. The molecule has 100 valence electrons. The van der Waals surface area contributed by atoms with Crippen molar-refractivity contribution in [2.75, 3.05) is 19.8 Å². The summed E-state index contributed by atoms with van der Waals surface area (Å²) in [5.74, 6) is -0.781. The van der Waals surface area contributed by atoms with E-state index in [4.69, 9.17) is 9.84 Å². The fourth-order valence-corrected chi connectivity index (χ4v) is 2.30. The number of carboxylic acid groups (broad SMARTS) is 1. The van der Waals surface area contributed by atoms with Gasteiger partial charge in [0.1, 0.15) is 0 Å². The Morgan fingerprint density at radius 3 is 3.00 bits per heavy atom. The Labute approximate surface area is 106 Å². The molecule has 0 radical (unpaired) electrons. The van der Waals surface area contributed by atoms with Gasteiger partial charge in [0, 0.05) is 30.4 Å². The van der Waals surface area contributed by atoms with E-state index in [1.807, 2.05) is 13.8 Å². The highest BCUT2D eigenvalue weighted by atomic mass is 16.5. The van der Waals surface area contributed by atoms with Gasteiger partial charge in [0.15, 0.2) is 0 Å². The lowest BCUT2D eigenvalue weighted by Crippen LogP contribution is -2.46. The molecule has 1 aliphatic heterocycles.